The minimum atomic E-state index is -1.11. The summed E-state index contributed by atoms with van der Waals surface area (Å²) in [5.41, 5.74) is 5.52. The molecule has 8 heteroatoms. The van der Waals surface area contributed by atoms with E-state index in [4.69, 9.17) is 14.2 Å². The van der Waals surface area contributed by atoms with E-state index in [1.807, 2.05) is 0 Å². The zero-order valence-corrected chi connectivity index (χ0v) is 16.3. The number of hydrazine groups is 1. The normalized spacial score (nSPS) is 11.4. The van der Waals surface area contributed by atoms with Crippen molar-refractivity contribution in [1.82, 2.24) is 10.9 Å². The monoisotopic (exact) mass is 398 g/mol. The zero-order valence-electron chi connectivity index (χ0n) is 16.3. The molecule has 0 bridgehead atoms. The molecular formula is C21H22N2O6. The molecule has 0 fully saturated rings. The van der Waals surface area contributed by atoms with Crippen molar-refractivity contribution < 1.29 is 28.6 Å². The number of ether oxygens (including phenoxy) is 3. The third-order valence-corrected chi connectivity index (χ3v) is 3.78. The zero-order chi connectivity index (χ0) is 21.2. The molecule has 0 aliphatic rings. The van der Waals surface area contributed by atoms with Gasteiger partial charge >= 0.3 is 5.97 Å². The highest BCUT2D eigenvalue weighted by Gasteiger charge is 2.17. The Kier molecular flexibility index (Phi) is 7.78. The number of nitrogens with one attached hydrogen (secondary N) is 2. The van der Waals surface area contributed by atoms with Crippen LogP contribution >= 0.6 is 0 Å². The van der Waals surface area contributed by atoms with Crippen molar-refractivity contribution in [3.05, 3.63) is 65.7 Å². The SMILES string of the molecule is COc1cc(/C=C/C(=O)O[C@@H](C)C(=O)NNC(=O)c2ccccc2)cc(OC)c1. The molecule has 2 N–H and O–H groups in total. The van der Waals surface area contributed by atoms with E-state index in [1.54, 1.807) is 48.5 Å². The number of carbonyl (C=O) groups excluding carboxylic acids is 3. The van der Waals surface area contributed by atoms with Gasteiger partial charge in [-0.05, 0) is 42.8 Å². The molecule has 0 radical (unpaired) electrons. The smallest absolute Gasteiger partial charge is 0.331 e. The molecule has 2 amide bonds. The summed E-state index contributed by atoms with van der Waals surface area (Å²) in [4.78, 5) is 35.8. The van der Waals surface area contributed by atoms with E-state index in [-0.39, 0.29) is 0 Å². The van der Waals surface area contributed by atoms with Gasteiger partial charge in [0.25, 0.3) is 11.8 Å². The number of benzene rings is 2. The number of esters is 1. The fourth-order valence-electron chi connectivity index (χ4n) is 2.24. The molecule has 0 unspecified atom stereocenters. The molecule has 0 heterocycles. The third-order valence-electron chi connectivity index (χ3n) is 3.78. The van der Waals surface area contributed by atoms with Crippen LogP contribution < -0.4 is 20.3 Å². The van der Waals surface area contributed by atoms with Gasteiger partial charge in [-0.15, -0.1) is 0 Å². The van der Waals surface area contributed by atoms with Crippen molar-refractivity contribution in [2.75, 3.05) is 14.2 Å². The van der Waals surface area contributed by atoms with Gasteiger partial charge in [0.2, 0.25) is 0 Å². The average molecular weight is 398 g/mol. The lowest BCUT2D eigenvalue weighted by molar-refractivity contribution is -0.150. The second-order valence-corrected chi connectivity index (χ2v) is 5.87. The van der Waals surface area contributed by atoms with E-state index in [9.17, 15) is 14.4 Å². The van der Waals surface area contributed by atoms with Crippen LogP contribution in [0.1, 0.15) is 22.8 Å². The molecule has 2 rings (SSSR count). The second kappa shape index (κ2) is 10.5. The van der Waals surface area contributed by atoms with Crippen LogP contribution in [0.3, 0.4) is 0 Å². The Morgan fingerprint density at radius 2 is 1.55 bits per heavy atom. The molecule has 1 atom stereocenters. The highest BCUT2D eigenvalue weighted by Crippen LogP contribution is 2.23. The van der Waals surface area contributed by atoms with Gasteiger partial charge in [0.05, 0.1) is 14.2 Å². The highest BCUT2D eigenvalue weighted by molar-refractivity contribution is 5.96. The molecule has 0 aromatic heterocycles. The molecule has 8 nitrogen and oxygen atoms in total. The van der Waals surface area contributed by atoms with Gasteiger partial charge in [0, 0.05) is 17.7 Å². The highest BCUT2D eigenvalue weighted by atomic mass is 16.5. The summed E-state index contributed by atoms with van der Waals surface area (Å²) < 4.78 is 15.4. The summed E-state index contributed by atoms with van der Waals surface area (Å²) in [7, 11) is 3.04. The number of hydrogen-bond donors (Lipinski definition) is 2. The van der Waals surface area contributed by atoms with E-state index in [1.165, 1.54) is 33.3 Å². The van der Waals surface area contributed by atoms with E-state index in [0.717, 1.165) is 0 Å². The largest absolute Gasteiger partial charge is 0.497 e. The van der Waals surface area contributed by atoms with Crippen molar-refractivity contribution in [1.29, 1.82) is 0 Å². The summed E-state index contributed by atoms with van der Waals surface area (Å²) in [6.07, 6.45) is 1.58. The number of carbonyl (C=O) groups is 3. The van der Waals surface area contributed by atoms with Crippen LogP contribution in [0.2, 0.25) is 0 Å². The fraction of sp³-hybridized carbons (Fsp3) is 0.190. The van der Waals surface area contributed by atoms with Crippen molar-refractivity contribution >= 4 is 23.9 Å². The van der Waals surface area contributed by atoms with E-state index in [2.05, 4.69) is 10.9 Å². The van der Waals surface area contributed by atoms with E-state index < -0.39 is 23.9 Å². The molecule has 2 aromatic carbocycles. The summed E-state index contributed by atoms with van der Waals surface area (Å²) in [5, 5.41) is 0. The Hall–Kier alpha value is -3.81. The molecule has 29 heavy (non-hydrogen) atoms. The van der Waals surface area contributed by atoms with Crippen LogP contribution in [0.25, 0.3) is 6.08 Å². The number of rotatable bonds is 7. The second-order valence-electron chi connectivity index (χ2n) is 5.87. The van der Waals surface area contributed by atoms with Gasteiger partial charge in [-0.2, -0.15) is 0 Å². The number of methoxy groups -OCH3 is 2. The summed E-state index contributed by atoms with van der Waals surface area (Å²) >= 11 is 0. The van der Waals surface area contributed by atoms with Crippen LogP contribution in [0, 0.1) is 0 Å². The Labute approximate surface area is 168 Å². The molecule has 0 saturated heterocycles. The van der Waals surface area contributed by atoms with Crippen LogP contribution in [0.5, 0.6) is 11.5 Å². The lowest BCUT2D eigenvalue weighted by Gasteiger charge is -2.13. The fourth-order valence-corrected chi connectivity index (χ4v) is 2.24. The van der Waals surface area contributed by atoms with Gasteiger partial charge in [0.1, 0.15) is 11.5 Å². The van der Waals surface area contributed by atoms with Gasteiger partial charge in [0.15, 0.2) is 6.10 Å². The molecule has 152 valence electrons. The summed E-state index contributed by atoms with van der Waals surface area (Å²) in [6.45, 7) is 1.39. The molecule has 0 aliphatic heterocycles. The summed E-state index contributed by atoms with van der Waals surface area (Å²) in [5.74, 6) is -0.731. The predicted octanol–water partition coefficient (Wildman–Crippen LogP) is 2.11. The van der Waals surface area contributed by atoms with Gasteiger partial charge < -0.3 is 14.2 Å². The Morgan fingerprint density at radius 1 is 0.931 bits per heavy atom. The molecule has 0 spiro atoms. The first-order valence-electron chi connectivity index (χ1n) is 8.70. The topological polar surface area (TPSA) is 103 Å². The van der Waals surface area contributed by atoms with Crippen molar-refractivity contribution in [2.45, 2.75) is 13.0 Å². The van der Waals surface area contributed by atoms with E-state index >= 15 is 0 Å². The van der Waals surface area contributed by atoms with Crippen LogP contribution in [-0.2, 0) is 14.3 Å². The van der Waals surface area contributed by atoms with Gasteiger partial charge in [-0.3, -0.25) is 20.4 Å². The standard InChI is InChI=1S/C21H22N2O6/c1-14(20(25)22-23-21(26)16-7-5-4-6-8-16)29-19(24)10-9-15-11-17(27-2)13-18(12-15)28-3/h4-14H,1-3H3,(H,22,25)(H,23,26)/b10-9+/t14-/m0/s1. The first-order chi connectivity index (χ1) is 13.9. The summed E-state index contributed by atoms with van der Waals surface area (Å²) in [6, 6.07) is 13.5. The van der Waals surface area contributed by atoms with Crippen molar-refractivity contribution in [2.24, 2.45) is 0 Å². The molecule has 0 aliphatic carbocycles. The van der Waals surface area contributed by atoms with Crippen LogP contribution in [0.4, 0.5) is 0 Å². The lowest BCUT2D eigenvalue weighted by Crippen LogP contribution is -2.46. The number of hydrogen-bond acceptors (Lipinski definition) is 6. The van der Waals surface area contributed by atoms with Crippen molar-refractivity contribution in [3.63, 3.8) is 0 Å². The van der Waals surface area contributed by atoms with Crippen LogP contribution in [-0.4, -0.2) is 38.1 Å². The quantitative estimate of drug-likeness (QED) is 0.421. The first-order valence-corrected chi connectivity index (χ1v) is 8.70. The minimum absolute atomic E-state index is 0.383. The average Bonchev–Trinajstić information content (AvgIpc) is 2.75. The van der Waals surface area contributed by atoms with E-state index in [0.29, 0.717) is 22.6 Å². The minimum Gasteiger partial charge on any atom is -0.497 e. The Balaban J connectivity index is 1.87. The maximum Gasteiger partial charge on any atom is 0.331 e. The predicted molar refractivity (Wildman–Crippen MR) is 106 cm³/mol. The molecule has 0 saturated carbocycles. The third kappa shape index (κ3) is 6.69. The lowest BCUT2D eigenvalue weighted by atomic mass is 10.2. The maximum atomic E-state index is 12.0. The van der Waals surface area contributed by atoms with Gasteiger partial charge in [-0.25, -0.2) is 4.79 Å². The van der Waals surface area contributed by atoms with Crippen molar-refractivity contribution in [3.8, 4) is 11.5 Å². The molecular weight excluding hydrogens is 376 g/mol. The van der Waals surface area contributed by atoms with Gasteiger partial charge in [-0.1, -0.05) is 18.2 Å². The Morgan fingerprint density at radius 3 is 2.14 bits per heavy atom. The number of amides is 2. The Bertz CT molecular complexity index is 873. The van der Waals surface area contributed by atoms with Crippen LogP contribution in [0.15, 0.2) is 54.6 Å². The first kappa shape index (κ1) is 21.5. The maximum absolute atomic E-state index is 12.0. The molecule has 2 aromatic rings.